The molecule has 2 heterocycles. The molecule has 0 bridgehead atoms. The number of amides is 3. The molecular formula is C31H41N4NaO6S2. The zero-order chi connectivity index (χ0) is 31.0. The Bertz CT molecular complexity index is 1530. The molecule has 1 saturated carbocycles. The van der Waals surface area contributed by atoms with Gasteiger partial charge >= 0.3 is 29.6 Å². The number of unbranched alkanes of at least 4 members (excludes halogenated alkanes) is 3. The third-order valence-corrected chi connectivity index (χ3v) is 9.67. The van der Waals surface area contributed by atoms with Crippen LogP contribution in [0.2, 0.25) is 0 Å². The van der Waals surface area contributed by atoms with Gasteiger partial charge in [0.2, 0.25) is 11.8 Å². The van der Waals surface area contributed by atoms with Crippen molar-refractivity contribution in [1.82, 2.24) is 15.2 Å². The molecule has 0 aliphatic heterocycles. The maximum Gasteiger partial charge on any atom is 1.00 e. The normalized spacial score (nSPS) is 16.7. The van der Waals surface area contributed by atoms with Crippen molar-refractivity contribution in [3.8, 4) is 0 Å². The quantitative estimate of drug-likeness (QED) is 0.154. The summed E-state index contributed by atoms with van der Waals surface area (Å²) in [5, 5.41) is 8.07. The second kappa shape index (κ2) is 16.9. The Hall–Kier alpha value is -2.22. The molecule has 0 radical (unpaired) electrons. The third kappa shape index (κ3) is 10.1. The van der Waals surface area contributed by atoms with Crippen molar-refractivity contribution in [2.75, 3.05) is 23.7 Å². The minimum atomic E-state index is -4.16. The number of likely N-dealkylation sites (N-methyl/N-ethyl adjacent to an activating group) is 1. The van der Waals surface area contributed by atoms with Crippen LogP contribution in [0.4, 0.5) is 5.69 Å². The number of fused-ring (bicyclic) bond motifs is 1. The summed E-state index contributed by atoms with van der Waals surface area (Å²) in [5.74, 6) is -0.742. The molecule has 44 heavy (non-hydrogen) atoms. The fourth-order valence-corrected chi connectivity index (χ4v) is 7.11. The Labute approximate surface area is 286 Å². The molecule has 1 fully saturated rings. The van der Waals surface area contributed by atoms with E-state index in [0.717, 1.165) is 34.3 Å². The summed E-state index contributed by atoms with van der Waals surface area (Å²) in [5.41, 5.74) is 3.23. The topological polar surface area (TPSA) is 141 Å². The number of benzene rings is 1. The molecule has 0 atom stereocenters. The standard InChI is InChI=1S/C31H42N4O6S2.Na/c1-3-34(25-10-8-9-22(2)19-25)29(36)21-35-26-15-17-42-28(26)20-27(35)31(38)33-24-13-11-23(12-14-24)30(37)32-16-6-4-5-7-18-43(39,40)41;/h8-10,15,17,19-20,23-24H,3-7,11-14,16,18,21H2,1-2H3,(H,32,37)(H,33,38)(H,39,40,41);/q;+1/p-1/t23-,24-;. The number of anilines is 1. The van der Waals surface area contributed by atoms with Gasteiger partial charge in [-0.3, -0.25) is 14.4 Å². The van der Waals surface area contributed by atoms with Gasteiger partial charge in [0.05, 0.1) is 20.3 Å². The van der Waals surface area contributed by atoms with E-state index in [4.69, 9.17) is 0 Å². The van der Waals surface area contributed by atoms with Crippen LogP contribution in [0.5, 0.6) is 0 Å². The zero-order valence-corrected chi connectivity index (χ0v) is 29.5. The molecule has 4 rings (SSSR count). The predicted octanol–water partition coefficient (Wildman–Crippen LogP) is 1.58. The summed E-state index contributed by atoms with van der Waals surface area (Å²) < 4.78 is 34.7. The second-order valence-corrected chi connectivity index (χ2v) is 13.7. The van der Waals surface area contributed by atoms with Gasteiger partial charge in [0.1, 0.15) is 12.2 Å². The van der Waals surface area contributed by atoms with E-state index in [2.05, 4.69) is 10.6 Å². The number of nitrogens with one attached hydrogen (secondary N) is 2. The van der Waals surface area contributed by atoms with Crippen LogP contribution in [0.3, 0.4) is 0 Å². The summed E-state index contributed by atoms with van der Waals surface area (Å²) in [7, 11) is -4.16. The number of thiophene rings is 1. The fraction of sp³-hybridized carbons (Fsp3) is 0.516. The second-order valence-electron chi connectivity index (χ2n) is 11.3. The Kier molecular flexibility index (Phi) is 13.9. The molecule has 1 aromatic carbocycles. The van der Waals surface area contributed by atoms with Gasteiger partial charge in [0, 0.05) is 36.5 Å². The maximum absolute atomic E-state index is 13.5. The summed E-state index contributed by atoms with van der Waals surface area (Å²) in [6.45, 7) is 5.02. The number of aromatic nitrogens is 1. The van der Waals surface area contributed by atoms with Crippen LogP contribution in [-0.4, -0.2) is 60.1 Å². The van der Waals surface area contributed by atoms with Crippen molar-refractivity contribution in [2.24, 2.45) is 5.92 Å². The third-order valence-electron chi connectivity index (χ3n) is 8.03. The van der Waals surface area contributed by atoms with E-state index in [9.17, 15) is 27.4 Å². The molecule has 3 aromatic rings. The smallest absolute Gasteiger partial charge is 0.748 e. The Morgan fingerprint density at radius 1 is 1.05 bits per heavy atom. The number of carbonyl (C=O) groups is 3. The van der Waals surface area contributed by atoms with Gasteiger partial charge in [0.25, 0.3) is 5.91 Å². The molecule has 0 saturated heterocycles. The number of hydrogen-bond donors (Lipinski definition) is 2. The van der Waals surface area contributed by atoms with E-state index in [1.54, 1.807) is 9.47 Å². The van der Waals surface area contributed by atoms with Crippen molar-refractivity contribution in [1.29, 1.82) is 0 Å². The van der Waals surface area contributed by atoms with E-state index in [1.807, 2.05) is 55.6 Å². The Morgan fingerprint density at radius 2 is 1.77 bits per heavy atom. The van der Waals surface area contributed by atoms with Crippen LogP contribution in [0.15, 0.2) is 41.8 Å². The van der Waals surface area contributed by atoms with Crippen LogP contribution < -0.4 is 45.1 Å². The molecule has 0 unspecified atom stereocenters. The molecule has 234 valence electrons. The fourth-order valence-electron chi connectivity index (χ4n) is 5.73. The minimum Gasteiger partial charge on any atom is -0.748 e. The van der Waals surface area contributed by atoms with Crippen molar-refractivity contribution in [2.45, 2.75) is 77.8 Å². The first-order valence-electron chi connectivity index (χ1n) is 15.0. The van der Waals surface area contributed by atoms with Crippen LogP contribution >= 0.6 is 11.3 Å². The largest absolute Gasteiger partial charge is 1.00 e. The van der Waals surface area contributed by atoms with E-state index in [0.29, 0.717) is 57.3 Å². The molecule has 0 spiro atoms. The molecular weight excluding hydrogens is 611 g/mol. The average molecular weight is 653 g/mol. The first-order chi connectivity index (χ1) is 20.6. The van der Waals surface area contributed by atoms with Crippen LogP contribution in [0.25, 0.3) is 10.2 Å². The zero-order valence-electron chi connectivity index (χ0n) is 25.8. The monoisotopic (exact) mass is 652 g/mol. The number of carbonyl (C=O) groups excluding carboxylic acids is 3. The average Bonchev–Trinajstić information content (AvgIpc) is 3.55. The number of hydrogen-bond acceptors (Lipinski definition) is 7. The van der Waals surface area contributed by atoms with Crippen molar-refractivity contribution in [3.63, 3.8) is 0 Å². The van der Waals surface area contributed by atoms with Crippen molar-refractivity contribution >= 4 is 55.1 Å². The Balaban J connectivity index is 0.00000529. The molecule has 2 aromatic heterocycles. The van der Waals surface area contributed by atoms with E-state index >= 15 is 0 Å². The molecule has 3 amide bonds. The van der Waals surface area contributed by atoms with Gasteiger partial charge in [-0.15, -0.1) is 11.3 Å². The van der Waals surface area contributed by atoms with Crippen molar-refractivity contribution in [3.05, 3.63) is 53.0 Å². The van der Waals surface area contributed by atoms with Gasteiger partial charge < -0.3 is 24.7 Å². The van der Waals surface area contributed by atoms with E-state index in [-0.39, 0.29) is 71.5 Å². The Morgan fingerprint density at radius 3 is 2.45 bits per heavy atom. The molecule has 1 aliphatic carbocycles. The summed E-state index contributed by atoms with van der Waals surface area (Å²) in [4.78, 5) is 41.3. The van der Waals surface area contributed by atoms with Gasteiger partial charge in [-0.05, 0) is 87.6 Å². The van der Waals surface area contributed by atoms with Crippen LogP contribution in [0.1, 0.15) is 74.3 Å². The van der Waals surface area contributed by atoms with E-state index in [1.165, 1.54) is 11.3 Å². The van der Waals surface area contributed by atoms with Gasteiger partial charge in [-0.1, -0.05) is 25.0 Å². The SMILES string of the molecule is CCN(C(=O)Cn1c(C(=O)N[C@H]2CC[C@H](C(=O)NCCCCCCS(=O)(=O)[O-])CC2)cc2sccc21)c1cccc(C)c1.[Na+]. The molecule has 1 aliphatic rings. The maximum atomic E-state index is 13.5. The first kappa shape index (κ1) is 36.3. The number of nitrogens with zero attached hydrogens (tertiary/aromatic N) is 2. The van der Waals surface area contributed by atoms with Gasteiger partial charge in [-0.2, -0.15) is 0 Å². The number of rotatable bonds is 14. The first-order valence-corrected chi connectivity index (χ1v) is 17.5. The van der Waals surface area contributed by atoms with Gasteiger partial charge in [0.15, 0.2) is 0 Å². The van der Waals surface area contributed by atoms with Crippen molar-refractivity contribution < 1.29 is 56.9 Å². The van der Waals surface area contributed by atoms with Crippen LogP contribution in [0, 0.1) is 12.8 Å². The van der Waals surface area contributed by atoms with Crippen LogP contribution in [-0.2, 0) is 26.3 Å². The minimum absolute atomic E-state index is 0. The molecule has 13 heteroatoms. The molecule has 2 N–H and O–H groups in total. The number of aryl methyl sites for hydroxylation is 1. The van der Waals surface area contributed by atoms with Gasteiger partial charge in [-0.25, -0.2) is 8.42 Å². The summed E-state index contributed by atoms with van der Waals surface area (Å²) in [6, 6.07) is 11.6. The summed E-state index contributed by atoms with van der Waals surface area (Å²) in [6.07, 6.45) is 5.21. The van der Waals surface area contributed by atoms with E-state index < -0.39 is 10.1 Å². The predicted molar refractivity (Wildman–Crippen MR) is 168 cm³/mol. The molecule has 10 nitrogen and oxygen atoms in total. The summed E-state index contributed by atoms with van der Waals surface area (Å²) >= 11 is 1.53.